The number of allylic oxidation sites excluding steroid dienone is 8. The molecule has 0 aliphatic rings. The SMILES string of the molecule is CC(C)=CCCC(C)=CC=CC(C)=CC[P+](c1ccccc1)(c1ccccc1)c1ccccc1.O=S(=O)([O-])C(F)(F)F. The third kappa shape index (κ3) is 10.9. The van der Waals surface area contributed by atoms with Gasteiger partial charge >= 0.3 is 5.51 Å². The van der Waals surface area contributed by atoms with Crippen LogP contribution in [0.15, 0.2) is 138 Å². The first-order chi connectivity index (χ1) is 19.8. The Hall–Kier alpha value is -3.25. The van der Waals surface area contributed by atoms with Crippen LogP contribution >= 0.6 is 7.26 Å². The van der Waals surface area contributed by atoms with Crippen molar-refractivity contribution in [3.05, 3.63) is 138 Å². The number of hydrogen-bond acceptors (Lipinski definition) is 3. The first kappa shape index (κ1) is 34.9. The molecule has 8 heteroatoms. The van der Waals surface area contributed by atoms with Crippen LogP contribution in [0.4, 0.5) is 13.2 Å². The minimum absolute atomic E-state index is 1.00. The molecule has 224 valence electrons. The van der Waals surface area contributed by atoms with Gasteiger partial charge in [-0.3, -0.25) is 0 Å². The van der Waals surface area contributed by atoms with E-state index in [1.54, 1.807) is 0 Å². The van der Waals surface area contributed by atoms with Crippen LogP contribution in [0.5, 0.6) is 0 Å². The van der Waals surface area contributed by atoms with Gasteiger partial charge in [0.25, 0.3) is 0 Å². The standard InChI is InChI=1S/C33H38P.CHF3O3S/c1-28(2)16-14-17-29(3)18-15-19-30(4)26-27-34(31-20-8-5-9-21-31,32-22-10-6-11-23-32)33-24-12-7-13-25-33;2-1(3,4)8(5,6)7/h5-13,15-16,18-26H,14,17,27H2,1-4H3;(H,5,6,7)/q+1;/p-1. The summed E-state index contributed by atoms with van der Waals surface area (Å²) >= 11 is 0. The maximum absolute atomic E-state index is 10.7. The summed E-state index contributed by atoms with van der Waals surface area (Å²) in [6.45, 7) is 8.77. The molecule has 0 aromatic heterocycles. The zero-order chi connectivity index (χ0) is 31.2. The highest BCUT2D eigenvalue weighted by molar-refractivity contribution is 7.95. The number of benzene rings is 3. The molecule has 0 amide bonds. The highest BCUT2D eigenvalue weighted by Gasteiger charge is 2.44. The smallest absolute Gasteiger partial charge is 0.485 e. The van der Waals surface area contributed by atoms with Gasteiger partial charge in [-0.15, -0.1) is 0 Å². The molecule has 0 aliphatic carbocycles. The van der Waals surface area contributed by atoms with Gasteiger partial charge in [0.15, 0.2) is 10.1 Å². The average Bonchev–Trinajstić information content (AvgIpc) is 2.94. The summed E-state index contributed by atoms with van der Waals surface area (Å²) in [5, 5.41) is 4.28. The third-order valence-electron chi connectivity index (χ3n) is 6.39. The molecule has 3 rings (SSSR count). The number of alkyl halides is 3. The molecule has 3 aromatic carbocycles. The first-order valence-electron chi connectivity index (χ1n) is 13.5. The largest absolute Gasteiger partial charge is 0.741 e. The van der Waals surface area contributed by atoms with Crippen LogP contribution in [-0.2, 0) is 10.1 Å². The quantitative estimate of drug-likeness (QED) is 0.0760. The molecule has 0 saturated heterocycles. The van der Waals surface area contributed by atoms with Gasteiger partial charge in [0.1, 0.15) is 23.2 Å². The van der Waals surface area contributed by atoms with E-state index in [4.69, 9.17) is 13.0 Å². The summed E-state index contributed by atoms with van der Waals surface area (Å²) in [6.07, 6.45) is 14.7. The second-order valence-electron chi connectivity index (χ2n) is 10.0. The fraction of sp³-hybridized carbons (Fsp3) is 0.235. The predicted molar refractivity (Wildman–Crippen MR) is 171 cm³/mol. The van der Waals surface area contributed by atoms with E-state index in [0.29, 0.717) is 0 Å². The number of hydrogen-bond donors (Lipinski definition) is 0. The van der Waals surface area contributed by atoms with E-state index >= 15 is 0 Å². The van der Waals surface area contributed by atoms with Gasteiger partial charge in [0, 0.05) is 0 Å². The molecule has 0 bridgehead atoms. The molecule has 0 aliphatic heterocycles. The van der Waals surface area contributed by atoms with Gasteiger partial charge < -0.3 is 4.55 Å². The molecule has 0 saturated carbocycles. The van der Waals surface area contributed by atoms with E-state index in [-0.39, 0.29) is 0 Å². The molecule has 42 heavy (non-hydrogen) atoms. The van der Waals surface area contributed by atoms with E-state index in [9.17, 15) is 13.2 Å². The van der Waals surface area contributed by atoms with Gasteiger partial charge in [0.2, 0.25) is 0 Å². The maximum atomic E-state index is 10.7. The summed E-state index contributed by atoms with van der Waals surface area (Å²) < 4.78 is 58.9. The van der Waals surface area contributed by atoms with Gasteiger partial charge in [-0.1, -0.05) is 95.6 Å². The summed E-state index contributed by atoms with van der Waals surface area (Å²) in [6, 6.07) is 33.3. The highest BCUT2D eigenvalue weighted by Crippen LogP contribution is 2.55. The van der Waals surface area contributed by atoms with E-state index < -0.39 is 22.9 Å². The van der Waals surface area contributed by atoms with Crippen molar-refractivity contribution in [1.29, 1.82) is 0 Å². The number of rotatable bonds is 10. The van der Waals surface area contributed by atoms with Crippen molar-refractivity contribution >= 4 is 33.3 Å². The van der Waals surface area contributed by atoms with E-state index in [2.05, 4.69) is 149 Å². The first-order valence-corrected chi connectivity index (χ1v) is 16.9. The summed E-state index contributed by atoms with van der Waals surface area (Å²) in [5.74, 6) is 0. The van der Waals surface area contributed by atoms with Crippen molar-refractivity contribution in [2.45, 2.75) is 46.0 Å². The molecule has 0 unspecified atom stereocenters. The highest BCUT2D eigenvalue weighted by atomic mass is 32.2. The lowest BCUT2D eigenvalue weighted by atomic mass is 10.1. The average molecular weight is 615 g/mol. The molecule has 3 nitrogen and oxygen atoms in total. The lowest BCUT2D eigenvalue weighted by Crippen LogP contribution is -2.33. The molecule has 0 atom stereocenters. The van der Waals surface area contributed by atoms with Crippen LogP contribution in [0.3, 0.4) is 0 Å². The van der Waals surface area contributed by atoms with Crippen molar-refractivity contribution in [3.63, 3.8) is 0 Å². The van der Waals surface area contributed by atoms with Crippen LogP contribution in [0.1, 0.15) is 40.5 Å². The van der Waals surface area contributed by atoms with Gasteiger partial charge in [0.05, 0.1) is 6.16 Å². The monoisotopic (exact) mass is 614 g/mol. The molecular weight excluding hydrogens is 576 g/mol. The molecule has 0 radical (unpaired) electrons. The van der Waals surface area contributed by atoms with Gasteiger partial charge in [-0.2, -0.15) is 13.2 Å². The second kappa shape index (κ2) is 16.4. The lowest BCUT2D eigenvalue weighted by molar-refractivity contribution is -0.0517. The Morgan fingerprint density at radius 1 is 0.762 bits per heavy atom. The molecule has 0 heterocycles. The normalized spacial score (nSPS) is 13.0. The molecule has 0 spiro atoms. The summed E-state index contributed by atoms with van der Waals surface area (Å²) in [5.41, 5.74) is -1.53. The third-order valence-corrected chi connectivity index (χ3v) is 11.2. The van der Waals surface area contributed by atoms with Crippen LogP contribution in [0.25, 0.3) is 0 Å². The number of halogens is 3. The Morgan fingerprint density at radius 3 is 1.52 bits per heavy atom. The van der Waals surface area contributed by atoms with Crippen molar-refractivity contribution in [2.75, 3.05) is 6.16 Å². The Kier molecular flexibility index (Phi) is 13.6. The van der Waals surface area contributed by atoms with Crippen LogP contribution < -0.4 is 15.9 Å². The van der Waals surface area contributed by atoms with Gasteiger partial charge in [-0.05, 0) is 83.0 Å². The Bertz CT molecular complexity index is 1380. The fourth-order valence-electron chi connectivity index (χ4n) is 4.20. The van der Waals surface area contributed by atoms with E-state index in [1.807, 2.05) is 0 Å². The van der Waals surface area contributed by atoms with Crippen LogP contribution in [0, 0.1) is 0 Å². The van der Waals surface area contributed by atoms with Crippen molar-refractivity contribution < 1.29 is 26.1 Å². The second-order valence-corrected chi connectivity index (χ2v) is 14.9. The van der Waals surface area contributed by atoms with Crippen molar-refractivity contribution in [1.82, 2.24) is 0 Å². The predicted octanol–water partition coefficient (Wildman–Crippen LogP) is 8.23. The minimum Gasteiger partial charge on any atom is -0.741 e. The van der Waals surface area contributed by atoms with Crippen molar-refractivity contribution in [2.24, 2.45) is 0 Å². The minimum atomic E-state index is -6.09. The van der Waals surface area contributed by atoms with Gasteiger partial charge in [-0.25, -0.2) is 8.42 Å². The Labute approximate surface area is 249 Å². The Balaban J connectivity index is 0.000000675. The fourth-order valence-corrected chi connectivity index (χ4v) is 8.33. The van der Waals surface area contributed by atoms with Crippen LogP contribution in [-0.4, -0.2) is 24.6 Å². The van der Waals surface area contributed by atoms with E-state index in [0.717, 1.165) is 19.0 Å². The molecule has 3 aromatic rings. The van der Waals surface area contributed by atoms with E-state index in [1.165, 1.54) is 32.6 Å². The summed E-state index contributed by atoms with van der Waals surface area (Å²) in [4.78, 5) is 0. The summed E-state index contributed by atoms with van der Waals surface area (Å²) in [7, 11) is -7.91. The maximum Gasteiger partial charge on any atom is 0.485 e. The topological polar surface area (TPSA) is 57.2 Å². The molecule has 0 N–H and O–H groups in total. The van der Waals surface area contributed by atoms with Crippen molar-refractivity contribution in [3.8, 4) is 0 Å². The molecule has 0 fully saturated rings. The Morgan fingerprint density at radius 2 is 1.17 bits per heavy atom. The lowest BCUT2D eigenvalue weighted by Gasteiger charge is -2.26. The zero-order valence-corrected chi connectivity index (χ0v) is 26.1. The zero-order valence-electron chi connectivity index (χ0n) is 24.4. The molecular formula is C34H38F3O3PS. The van der Waals surface area contributed by atoms with Crippen LogP contribution in [0.2, 0.25) is 0 Å².